The Hall–Kier alpha value is -1.71. The van der Waals surface area contributed by atoms with Crippen molar-refractivity contribution in [2.45, 2.75) is 26.2 Å². The lowest BCUT2D eigenvalue weighted by Gasteiger charge is -2.08. The number of H-pyrrole nitrogens is 1. The first-order valence-electron chi connectivity index (χ1n) is 5.77. The van der Waals surface area contributed by atoms with Crippen LogP contribution in [-0.2, 0) is 0 Å². The second kappa shape index (κ2) is 4.88. The first kappa shape index (κ1) is 10.8. The number of nitrogen functional groups attached to an aromatic ring is 1. The van der Waals surface area contributed by atoms with Crippen LogP contribution in [0.3, 0.4) is 0 Å². The summed E-state index contributed by atoms with van der Waals surface area (Å²) < 4.78 is 0. The summed E-state index contributed by atoms with van der Waals surface area (Å²) >= 11 is 0. The van der Waals surface area contributed by atoms with Gasteiger partial charge in [-0.1, -0.05) is 19.8 Å². The molecule has 2 rings (SSSR count). The summed E-state index contributed by atoms with van der Waals surface area (Å²) in [5.74, 6) is 0. The Morgan fingerprint density at radius 2 is 2.25 bits per heavy atom. The smallest absolute Gasteiger partial charge is 0.0672 e. The molecule has 4 nitrogen and oxygen atoms in total. The fourth-order valence-electron chi connectivity index (χ4n) is 1.76. The molecule has 0 atom stereocenters. The Labute approximate surface area is 95.2 Å². The first-order chi connectivity index (χ1) is 7.81. The van der Waals surface area contributed by atoms with Crippen molar-refractivity contribution in [1.29, 1.82) is 0 Å². The Morgan fingerprint density at radius 1 is 1.38 bits per heavy atom. The third-order valence-electron chi connectivity index (χ3n) is 2.71. The molecule has 1 heterocycles. The SMILES string of the molecule is CCCCCNc1cc2[nH]ncc2cc1N. The Morgan fingerprint density at radius 3 is 3.06 bits per heavy atom. The highest BCUT2D eigenvalue weighted by Gasteiger charge is 2.02. The second-order valence-corrected chi connectivity index (χ2v) is 4.03. The van der Waals surface area contributed by atoms with Gasteiger partial charge in [-0.25, -0.2) is 0 Å². The molecule has 4 heteroatoms. The Balaban J connectivity index is 2.07. The fourth-order valence-corrected chi connectivity index (χ4v) is 1.76. The summed E-state index contributed by atoms with van der Waals surface area (Å²) in [5, 5.41) is 11.3. The zero-order valence-corrected chi connectivity index (χ0v) is 9.59. The Kier molecular flexibility index (Phi) is 3.29. The number of nitrogens with two attached hydrogens (primary N) is 1. The predicted octanol–water partition coefficient (Wildman–Crippen LogP) is 2.75. The van der Waals surface area contributed by atoms with E-state index in [4.69, 9.17) is 5.73 Å². The van der Waals surface area contributed by atoms with Gasteiger partial charge in [0.2, 0.25) is 0 Å². The van der Waals surface area contributed by atoms with Crippen LogP contribution in [0.5, 0.6) is 0 Å². The van der Waals surface area contributed by atoms with Crippen LogP contribution < -0.4 is 11.1 Å². The quantitative estimate of drug-likeness (QED) is 0.534. The summed E-state index contributed by atoms with van der Waals surface area (Å²) in [5.41, 5.74) is 8.75. The first-order valence-corrected chi connectivity index (χ1v) is 5.77. The normalized spacial score (nSPS) is 10.8. The number of anilines is 2. The van der Waals surface area contributed by atoms with Gasteiger partial charge in [-0.3, -0.25) is 5.10 Å². The largest absolute Gasteiger partial charge is 0.397 e. The van der Waals surface area contributed by atoms with E-state index >= 15 is 0 Å². The minimum absolute atomic E-state index is 0.783. The number of aromatic amines is 1. The van der Waals surface area contributed by atoms with Crippen LogP contribution in [0.4, 0.5) is 11.4 Å². The lowest BCUT2D eigenvalue weighted by atomic mass is 10.2. The standard InChI is InChI=1S/C12H18N4/c1-2-3-4-5-14-12-7-11-9(6-10(12)13)8-15-16-11/h6-8,14H,2-5,13H2,1H3,(H,15,16). The molecule has 4 N–H and O–H groups in total. The zero-order chi connectivity index (χ0) is 11.4. The van der Waals surface area contributed by atoms with Crippen LogP contribution in [0.2, 0.25) is 0 Å². The van der Waals surface area contributed by atoms with E-state index in [0.29, 0.717) is 0 Å². The van der Waals surface area contributed by atoms with Crippen molar-refractivity contribution in [2.75, 3.05) is 17.6 Å². The predicted molar refractivity (Wildman–Crippen MR) is 68.5 cm³/mol. The van der Waals surface area contributed by atoms with Gasteiger partial charge in [0.05, 0.1) is 23.1 Å². The minimum atomic E-state index is 0.783. The molecule has 0 amide bonds. The monoisotopic (exact) mass is 218 g/mol. The van der Waals surface area contributed by atoms with Crippen LogP contribution in [-0.4, -0.2) is 16.7 Å². The van der Waals surface area contributed by atoms with Crippen LogP contribution in [0.15, 0.2) is 18.3 Å². The number of nitrogens with zero attached hydrogens (tertiary/aromatic N) is 1. The van der Waals surface area contributed by atoms with Crippen LogP contribution in [0.25, 0.3) is 10.9 Å². The number of unbranched alkanes of at least 4 members (excludes halogenated alkanes) is 2. The third-order valence-corrected chi connectivity index (χ3v) is 2.71. The van der Waals surface area contributed by atoms with E-state index in [-0.39, 0.29) is 0 Å². The molecule has 2 aromatic rings. The summed E-state index contributed by atoms with van der Waals surface area (Å²) in [7, 11) is 0. The minimum Gasteiger partial charge on any atom is -0.397 e. The van der Waals surface area contributed by atoms with Gasteiger partial charge in [0.25, 0.3) is 0 Å². The van der Waals surface area contributed by atoms with Gasteiger partial charge in [0.1, 0.15) is 0 Å². The van der Waals surface area contributed by atoms with Crippen LogP contribution in [0.1, 0.15) is 26.2 Å². The van der Waals surface area contributed by atoms with Gasteiger partial charge in [-0.15, -0.1) is 0 Å². The Bertz CT molecular complexity index is 461. The van der Waals surface area contributed by atoms with Crippen molar-refractivity contribution < 1.29 is 0 Å². The third kappa shape index (κ3) is 2.27. The molecule has 0 aliphatic heterocycles. The molecular weight excluding hydrogens is 200 g/mol. The molecule has 0 spiro atoms. The van der Waals surface area contributed by atoms with Crippen molar-refractivity contribution in [3.8, 4) is 0 Å². The molecule has 0 saturated heterocycles. The van der Waals surface area contributed by atoms with Crippen molar-refractivity contribution in [1.82, 2.24) is 10.2 Å². The molecule has 86 valence electrons. The maximum Gasteiger partial charge on any atom is 0.0672 e. The highest BCUT2D eigenvalue weighted by molar-refractivity contribution is 5.88. The van der Waals surface area contributed by atoms with E-state index in [0.717, 1.165) is 28.8 Å². The van der Waals surface area contributed by atoms with Gasteiger partial charge in [0, 0.05) is 11.9 Å². The summed E-state index contributed by atoms with van der Waals surface area (Å²) in [6.45, 7) is 3.17. The van der Waals surface area contributed by atoms with E-state index in [1.807, 2.05) is 12.1 Å². The van der Waals surface area contributed by atoms with Gasteiger partial charge in [-0.2, -0.15) is 5.10 Å². The number of hydrogen-bond donors (Lipinski definition) is 3. The average Bonchev–Trinajstić information content (AvgIpc) is 2.71. The van der Waals surface area contributed by atoms with Gasteiger partial charge >= 0.3 is 0 Å². The highest BCUT2D eigenvalue weighted by Crippen LogP contribution is 2.24. The maximum atomic E-state index is 5.96. The average molecular weight is 218 g/mol. The molecule has 0 aliphatic rings. The molecule has 0 bridgehead atoms. The number of hydrogen-bond acceptors (Lipinski definition) is 3. The van der Waals surface area contributed by atoms with E-state index < -0.39 is 0 Å². The maximum absolute atomic E-state index is 5.96. The van der Waals surface area contributed by atoms with E-state index in [1.54, 1.807) is 6.20 Å². The molecule has 0 unspecified atom stereocenters. The summed E-state index contributed by atoms with van der Waals surface area (Å²) in [4.78, 5) is 0. The van der Waals surface area contributed by atoms with Crippen molar-refractivity contribution in [3.63, 3.8) is 0 Å². The van der Waals surface area contributed by atoms with Crippen LogP contribution in [0, 0.1) is 0 Å². The molecular formula is C12H18N4. The number of nitrogens with one attached hydrogen (secondary N) is 2. The van der Waals surface area contributed by atoms with Crippen molar-refractivity contribution >= 4 is 22.3 Å². The van der Waals surface area contributed by atoms with Crippen molar-refractivity contribution in [3.05, 3.63) is 18.3 Å². The number of benzene rings is 1. The number of fused-ring (bicyclic) bond motifs is 1. The van der Waals surface area contributed by atoms with Crippen molar-refractivity contribution in [2.24, 2.45) is 0 Å². The fraction of sp³-hybridized carbons (Fsp3) is 0.417. The molecule has 1 aromatic heterocycles. The molecule has 0 fully saturated rings. The van der Waals surface area contributed by atoms with E-state index in [9.17, 15) is 0 Å². The highest BCUT2D eigenvalue weighted by atomic mass is 15.1. The molecule has 0 aliphatic carbocycles. The van der Waals surface area contributed by atoms with Gasteiger partial charge in [0.15, 0.2) is 0 Å². The number of aromatic nitrogens is 2. The van der Waals surface area contributed by atoms with E-state index in [2.05, 4.69) is 22.4 Å². The molecule has 1 aromatic carbocycles. The molecule has 0 saturated carbocycles. The van der Waals surface area contributed by atoms with E-state index in [1.165, 1.54) is 19.3 Å². The second-order valence-electron chi connectivity index (χ2n) is 4.03. The van der Waals surface area contributed by atoms with Gasteiger partial charge < -0.3 is 11.1 Å². The van der Waals surface area contributed by atoms with Crippen LogP contribution >= 0.6 is 0 Å². The molecule has 16 heavy (non-hydrogen) atoms. The lowest BCUT2D eigenvalue weighted by Crippen LogP contribution is -2.03. The summed E-state index contributed by atoms with van der Waals surface area (Å²) in [6, 6.07) is 3.96. The molecule has 0 radical (unpaired) electrons. The van der Waals surface area contributed by atoms with Gasteiger partial charge in [-0.05, 0) is 18.6 Å². The zero-order valence-electron chi connectivity index (χ0n) is 9.59. The number of rotatable bonds is 5. The lowest BCUT2D eigenvalue weighted by molar-refractivity contribution is 0.744. The topological polar surface area (TPSA) is 66.7 Å². The summed E-state index contributed by atoms with van der Waals surface area (Å²) in [6.07, 6.45) is 5.44.